The number of phenols is 1. The molecule has 0 radical (unpaired) electrons. The lowest BCUT2D eigenvalue weighted by Gasteiger charge is -2.12. The topological polar surface area (TPSA) is 65.9 Å². The quantitative estimate of drug-likeness (QED) is 0.519. The molecule has 0 fully saturated rings. The molecule has 2 rings (SSSR count). The fourth-order valence-electron chi connectivity index (χ4n) is 2.23. The molecule has 0 aliphatic heterocycles. The molecule has 0 heterocycles. The summed E-state index contributed by atoms with van der Waals surface area (Å²) < 4.78 is 5.41. The van der Waals surface area contributed by atoms with Crippen molar-refractivity contribution in [1.29, 1.82) is 0 Å². The Kier molecular flexibility index (Phi) is 7.41. The SMILES string of the molecule is CCNC(=NCc1ccc(O)c(OCC)c1)NCc1ccc(Cl)cc1. The molecule has 0 aliphatic carbocycles. The third kappa shape index (κ3) is 6.19. The van der Waals surface area contributed by atoms with E-state index in [4.69, 9.17) is 16.3 Å². The first-order chi connectivity index (χ1) is 12.1. The third-order valence-corrected chi connectivity index (χ3v) is 3.71. The molecule has 0 saturated carbocycles. The Hall–Kier alpha value is -2.40. The van der Waals surface area contributed by atoms with E-state index in [0.717, 1.165) is 28.7 Å². The number of halogens is 1. The number of hydrogen-bond acceptors (Lipinski definition) is 3. The number of rotatable bonds is 7. The van der Waals surface area contributed by atoms with Gasteiger partial charge >= 0.3 is 0 Å². The van der Waals surface area contributed by atoms with Gasteiger partial charge in [-0.2, -0.15) is 0 Å². The van der Waals surface area contributed by atoms with Gasteiger partial charge in [-0.3, -0.25) is 0 Å². The number of nitrogens with zero attached hydrogens (tertiary/aromatic N) is 1. The van der Waals surface area contributed by atoms with Crippen LogP contribution in [0.3, 0.4) is 0 Å². The summed E-state index contributed by atoms with van der Waals surface area (Å²) in [6, 6.07) is 13.0. The van der Waals surface area contributed by atoms with Gasteiger partial charge in [-0.15, -0.1) is 0 Å². The average molecular weight is 362 g/mol. The van der Waals surface area contributed by atoms with Gasteiger partial charge in [-0.05, 0) is 49.2 Å². The van der Waals surface area contributed by atoms with Crippen molar-refractivity contribution in [1.82, 2.24) is 10.6 Å². The summed E-state index contributed by atoms with van der Waals surface area (Å²) in [5.41, 5.74) is 2.09. The highest BCUT2D eigenvalue weighted by Crippen LogP contribution is 2.27. The molecule has 2 aromatic rings. The van der Waals surface area contributed by atoms with Crippen molar-refractivity contribution in [2.75, 3.05) is 13.2 Å². The Bertz CT molecular complexity index is 702. The molecule has 0 atom stereocenters. The largest absolute Gasteiger partial charge is 0.504 e. The molecule has 134 valence electrons. The monoisotopic (exact) mass is 361 g/mol. The van der Waals surface area contributed by atoms with Crippen LogP contribution >= 0.6 is 11.6 Å². The third-order valence-electron chi connectivity index (χ3n) is 3.46. The van der Waals surface area contributed by atoms with E-state index in [-0.39, 0.29) is 5.75 Å². The van der Waals surface area contributed by atoms with Crippen LogP contribution in [0.15, 0.2) is 47.5 Å². The van der Waals surface area contributed by atoms with E-state index in [1.807, 2.05) is 50.2 Å². The number of hydrogen-bond donors (Lipinski definition) is 3. The van der Waals surface area contributed by atoms with E-state index in [2.05, 4.69) is 15.6 Å². The molecule has 5 nitrogen and oxygen atoms in total. The smallest absolute Gasteiger partial charge is 0.191 e. The second kappa shape index (κ2) is 9.79. The zero-order chi connectivity index (χ0) is 18.1. The van der Waals surface area contributed by atoms with Crippen molar-refractivity contribution in [2.45, 2.75) is 26.9 Å². The van der Waals surface area contributed by atoms with Crippen molar-refractivity contribution in [3.8, 4) is 11.5 Å². The van der Waals surface area contributed by atoms with Gasteiger partial charge < -0.3 is 20.5 Å². The van der Waals surface area contributed by atoms with Gasteiger partial charge in [-0.1, -0.05) is 29.8 Å². The summed E-state index contributed by atoms with van der Waals surface area (Å²) in [6.45, 7) is 6.32. The maximum atomic E-state index is 9.76. The summed E-state index contributed by atoms with van der Waals surface area (Å²) in [6.07, 6.45) is 0. The zero-order valence-electron chi connectivity index (χ0n) is 14.6. The van der Waals surface area contributed by atoms with E-state index in [1.165, 1.54) is 0 Å². The maximum Gasteiger partial charge on any atom is 0.191 e. The predicted octanol–water partition coefficient (Wildman–Crippen LogP) is 3.70. The van der Waals surface area contributed by atoms with Crippen LogP contribution in [0.25, 0.3) is 0 Å². The molecule has 2 aromatic carbocycles. The zero-order valence-corrected chi connectivity index (χ0v) is 15.3. The van der Waals surface area contributed by atoms with Crippen LogP contribution in [0.5, 0.6) is 11.5 Å². The minimum atomic E-state index is 0.141. The summed E-state index contributed by atoms with van der Waals surface area (Å²) >= 11 is 5.90. The highest BCUT2D eigenvalue weighted by atomic mass is 35.5. The predicted molar refractivity (Wildman–Crippen MR) is 102 cm³/mol. The highest BCUT2D eigenvalue weighted by Gasteiger charge is 2.04. The molecule has 0 amide bonds. The highest BCUT2D eigenvalue weighted by molar-refractivity contribution is 6.30. The minimum absolute atomic E-state index is 0.141. The molecule has 0 spiro atoms. The van der Waals surface area contributed by atoms with Crippen molar-refractivity contribution < 1.29 is 9.84 Å². The number of aromatic hydroxyl groups is 1. The van der Waals surface area contributed by atoms with Gasteiger partial charge in [0, 0.05) is 18.1 Å². The molecule has 0 aliphatic rings. The Morgan fingerprint density at radius 1 is 1.08 bits per heavy atom. The number of benzene rings is 2. The minimum Gasteiger partial charge on any atom is -0.504 e. The molecule has 0 bridgehead atoms. The normalized spacial score (nSPS) is 11.2. The lowest BCUT2D eigenvalue weighted by molar-refractivity contribution is 0.318. The van der Waals surface area contributed by atoms with Gasteiger partial charge in [0.1, 0.15) is 0 Å². The van der Waals surface area contributed by atoms with Crippen LogP contribution in [0.1, 0.15) is 25.0 Å². The molecule has 25 heavy (non-hydrogen) atoms. The number of guanidine groups is 1. The second-order valence-electron chi connectivity index (χ2n) is 5.41. The van der Waals surface area contributed by atoms with Crippen LogP contribution < -0.4 is 15.4 Å². The summed E-state index contributed by atoms with van der Waals surface area (Å²) in [4.78, 5) is 4.58. The van der Waals surface area contributed by atoms with Crippen LogP contribution in [0, 0.1) is 0 Å². The molecule has 0 saturated heterocycles. The first-order valence-corrected chi connectivity index (χ1v) is 8.71. The van der Waals surface area contributed by atoms with Gasteiger partial charge in [0.05, 0.1) is 13.2 Å². The van der Waals surface area contributed by atoms with Crippen LogP contribution in [0.4, 0.5) is 0 Å². The van der Waals surface area contributed by atoms with Crippen molar-refractivity contribution >= 4 is 17.6 Å². The van der Waals surface area contributed by atoms with Gasteiger partial charge in [0.15, 0.2) is 17.5 Å². The number of aliphatic imine (C=N–C) groups is 1. The second-order valence-corrected chi connectivity index (χ2v) is 5.85. The standard InChI is InChI=1S/C19H24ClN3O2/c1-3-21-19(22-12-14-5-8-16(20)9-6-14)23-13-15-7-10-17(24)18(11-15)25-4-2/h5-11,24H,3-4,12-13H2,1-2H3,(H2,21,22,23). The molecule has 0 aromatic heterocycles. The van der Waals surface area contributed by atoms with E-state index in [9.17, 15) is 5.11 Å². The molecular weight excluding hydrogens is 338 g/mol. The van der Waals surface area contributed by atoms with Gasteiger partial charge in [0.25, 0.3) is 0 Å². The van der Waals surface area contributed by atoms with Crippen LogP contribution in [-0.4, -0.2) is 24.2 Å². The van der Waals surface area contributed by atoms with Crippen molar-refractivity contribution in [3.63, 3.8) is 0 Å². The summed E-state index contributed by atoms with van der Waals surface area (Å²) in [5, 5.41) is 17.0. The summed E-state index contributed by atoms with van der Waals surface area (Å²) in [5.74, 6) is 1.35. The Balaban J connectivity index is 2.01. The summed E-state index contributed by atoms with van der Waals surface area (Å²) in [7, 11) is 0. The molecular formula is C19H24ClN3O2. The first-order valence-electron chi connectivity index (χ1n) is 8.33. The molecule has 6 heteroatoms. The molecule has 0 unspecified atom stereocenters. The van der Waals surface area contributed by atoms with E-state index in [0.29, 0.717) is 25.4 Å². The fraction of sp³-hybridized carbons (Fsp3) is 0.316. The van der Waals surface area contributed by atoms with Crippen LogP contribution in [-0.2, 0) is 13.1 Å². The molecule has 3 N–H and O–H groups in total. The van der Waals surface area contributed by atoms with Crippen molar-refractivity contribution in [3.05, 3.63) is 58.6 Å². The average Bonchev–Trinajstić information content (AvgIpc) is 2.61. The number of nitrogens with one attached hydrogen (secondary N) is 2. The lowest BCUT2D eigenvalue weighted by Crippen LogP contribution is -2.36. The van der Waals surface area contributed by atoms with Gasteiger partial charge in [0.2, 0.25) is 0 Å². The van der Waals surface area contributed by atoms with E-state index in [1.54, 1.807) is 6.07 Å². The lowest BCUT2D eigenvalue weighted by atomic mass is 10.2. The number of phenolic OH excluding ortho intramolecular Hbond substituents is 1. The van der Waals surface area contributed by atoms with Crippen molar-refractivity contribution in [2.24, 2.45) is 4.99 Å². The fourth-order valence-corrected chi connectivity index (χ4v) is 2.35. The van der Waals surface area contributed by atoms with E-state index < -0.39 is 0 Å². The Morgan fingerprint density at radius 3 is 2.48 bits per heavy atom. The van der Waals surface area contributed by atoms with E-state index >= 15 is 0 Å². The Labute approximate surface area is 153 Å². The van der Waals surface area contributed by atoms with Gasteiger partial charge in [-0.25, -0.2) is 4.99 Å². The first kappa shape index (κ1) is 18.9. The number of ether oxygens (including phenoxy) is 1. The van der Waals surface area contributed by atoms with Crippen LogP contribution in [0.2, 0.25) is 5.02 Å². The Morgan fingerprint density at radius 2 is 1.80 bits per heavy atom. The maximum absolute atomic E-state index is 9.76.